The van der Waals surface area contributed by atoms with E-state index in [-0.39, 0.29) is 36.0 Å². The van der Waals surface area contributed by atoms with E-state index in [0.29, 0.717) is 53.9 Å². The first kappa shape index (κ1) is 28.2. The molecular formula is C29H34N4O6. The van der Waals surface area contributed by atoms with Crippen LogP contribution in [0.4, 0.5) is 0 Å². The molecule has 1 atom stereocenters. The quantitative estimate of drug-likeness (QED) is 0.403. The van der Waals surface area contributed by atoms with Gasteiger partial charge in [-0.05, 0) is 38.8 Å². The van der Waals surface area contributed by atoms with Crippen LogP contribution in [0.3, 0.4) is 0 Å². The van der Waals surface area contributed by atoms with E-state index < -0.39 is 11.7 Å². The van der Waals surface area contributed by atoms with Gasteiger partial charge in [0.1, 0.15) is 18.3 Å². The summed E-state index contributed by atoms with van der Waals surface area (Å²) in [5, 5.41) is 10.2. The highest BCUT2D eigenvalue weighted by Gasteiger charge is 2.44. The number of ether oxygens (including phenoxy) is 4. The molecule has 2 amide bonds. The molecule has 2 aliphatic rings. The fourth-order valence-electron chi connectivity index (χ4n) is 4.97. The second-order valence-corrected chi connectivity index (χ2v) is 10.2. The van der Waals surface area contributed by atoms with Crippen molar-refractivity contribution in [3.05, 3.63) is 29.5 Å². The lowest BCUT2D eigenvalue weighted by Crippen LogP contribution is -2.46. The monoisotopic (exact) mass is 534 g/mol. The van der Waals surface area contributed by atoms with E-state index in [1.807, 2.05) is 19.9 Å². The number of nitrogens with two attached hydrogens (primary N) is 1. The van der Waals surface area contributed by atoms with Crippen molar-refractivity contribution in [2.45, 2.75) is 63.9 Å². The predicted molar refractivity (Wildman–Crippen MR) is 143 cm³/mol. The van der Waals surface area contributed by atoms with Gasteiger partial charge in [-0.15, -0.1) is 0 Å². The molecule has 1 unspecified atom stereocenters. The van der Waals surface area contributed by atoms with E-state index >= 15 is 0 Å². The van der Waals surface area contributed by atoms with Crippen molar-refractivity contribution in [1.82, 2.24) is 9.88 Å². The number of likely N-dealkylation sites (tertiary alicyclic amines) is 1. The Kier molecular flexibility index (Phi) is 8.59. The van der Waals surface area contributed by atoms with E-state index in [9.17, 15) is 9.59 Å². The van der Waals surface area contributed by atoms with Gasteiger partial charge in [0.25, 0.3) is 5.91 Å². The van der Waals surface area contributed by atoms with Crippen LogP contribution in [-0.2, 0) is 14.3 Å². The molecule has 1 saturated heterocycles. The van der Waals surface area contributed by atoms with Crippen LogP contribution in [0.2, 0.25) is 0 Å². The summed E-state index contributed by atoms with van der Waals surface area (Å²) in [4.78, 5) is 30.9. The molecule has 1 aromatic carbocycles. The van der Waals surface area contributed by atoms with E-state index in [4.69, 9.17) is 29.9 Å². The minimum absolute atomic E-state index is 0.0919. The number of piperidine rings is 1. The van der Waals surface area contributed by atoms with Gasteiger partial charge in [-0.25, -0.2) is 4.98 Å². The topological polar surface area (TPSA) is 137 Å². The summed E-state index contributed by atoms with van der Waals surface area (Å²) < 4.78 is 23.2. The number of amides is 2. The van der Waals surface area contributed by atoms with Crippen LogP contribution >= 0.6 is 0 Å². The molecule has 2 aromatic rings. The number of hydrogen-bond acceptors (Lipinski definition) is 8. The van der Waals surface area contributed by atoms with Crippen molar-refractivity contribution in [2.24, 2.45) is 11.7 Å². The summed E-state index contributed by atoms with van der Waals surface area (Å²) in [5.74, 6) is 5.83. The third-order valence-corrected chi connectivity index (χ3v) is 7.09. The Labute approximate surface area is 228 Å². The lowest BCUT2D eigenvalue weighted by molar-refractivity contribution is -0.261. The highest BCUT2D eigenvalue weighted by Crippen LogP contribution is 2.41. The van der Waals surface area contributed by atoms with Gasteiger partial charge in [0.15, 0.2) is 5.79 Å². The molecule has 206 valence electrons. The van der Waals surface area contributed by atoms with Gasteiger partial charge in [0, 0.05) is 56.5 Å². The Hall–Kier alpha value is -3.86. The Morgan fingerprint density at radius 3 is 2.62 bits per heavy atom. The first-order valence-corrected chi connectivity index (χ1v) is 13.0. The molecule has 2 N–H and O–H groups in total. The van der Waals surface area contributed by atoms with Crippen LogP contribution in [0, 0.1) is 29.1 Å². The number of carbonyl (C=O) groups is 2. The predicted octanol–water partition coefficient (Wildman–Crippen LogP) is 3.15. The summed E-state index contributed by atoms with van der Waals surface area (Å²) >= 11 is 0. The van der Waals surface area contributed by atoms with Crippen LogP contribution in [0.25, 0.3) is 10.8 Å². The average molecular weight is 535 g/mol. The molecule has 0 bridgehead atoms. The zero-order valence-corrected chi connectivity index (χ0v) is 22.8. The number of benzene rings is 1. The molecule has 10 heteroatoms. The van der Waals surface area contributed by atoms with Crippen LogP contribution in [0.1, 0.15) is 61.9 Å². The highest BCUT2D eigenvalue weighted by molar-refractivity contribution is 6.03. The molecule has 0 radical (unpaired) electrons. The van der Waals surface area contributed by atoms with Gasteiger partial charge in [-0.3, -0.25) is 9.59 Å². The van der Waals surface area contributed by atoms with Crippen molar-refractivity contribution in [3.63, 3.8) is 0 Å². The Balaban J connectivity index is 1.71. The smallest absolute Gasteiger partial charge is 0.252 e. The Morgan fingerprint density at radius 1 is 1.23 bits per heavy atom. The van der Waals surface area contributed by atoms with Crippen molar-refractivity contribution < 1.29 is 28.5 Å². The van der Waals surface area contributed by atoms with Crippen LogP contribution < -0.4 is 15.2 Å². The normalized spacial score (nSPS) is 18.6. The number of nitriles is 1. The zero-order valence-electron chi connectivity index (χ0n) is 22.8. The molecule has 0 spiro atoms. The summed E-state index contributed by atoms with van der Waals surface area (Å²) in [5.41, 5.74) is 6.57. The highest BCUT2D eigenvalue weighted by atomic mass is 16.7. The standard InChI is InChI=1S/C29H34N4O6/c1-18(2)38-25-13-23-22(12-24(25)27(31)35)20(8-7-19-14-29(15-19,36-3)37-4)16-32-28(23)39-21-6-5-11-33(17-21)26(34)9-10-30/h12-13,16,18-19,21H,5-6,9,11,14-15,17H2,1-4H3,(H2,31,35). The molecule has 1 aliphatic heterocycles. The minimum atomic E-state index is -0.617. The summed E-state index contributed by atoms with van der Waals surface area (Å²) in [6.45, 7) is 4.68. The van der Waals surface area contributed by atoms with Crippen LogP contribution in [0.5, 0.6) is 11.6 Å². The fourth-order valence-corrected chi connectivity index (χ4v) is 4.97. The second-order valence-electron chi connectivity index (χ2n) is 10.2. The number of fused-ring (bicyclic) bond motifs is 1. The summed E-state index contributed by atoms with van der Waals surface area (Å²) in [6, 6.07) is 5.30. The summed E-state index contributed by atoms with van der Waals surface area (Å²) in [6.07, 6.45) is 3.76. The van der Waals surface area contributed by atoms with Crippen molar-refractivity contribution >= 4 is 22.6 Å². The SMILES string of the molecule is COC1(OC)CC(C#Cc2cnc(OC3CCCN(C(=O)CC#N)C3)c3cc(OC(C)C)c(C(N)=O)cc23)C1. The lowest BCUT2D eigenvalue weighted by atomic mass is 9.79. The molecule has 1 aliphatic carbocycles. The van der Waals surface area contributed by atoms with Crippen molar-refractivity contribution in [3.8, 4) is 29.5 Å². The number of hydrogen-bond donors (Lipinski definition) is 1. The molecule has 39 heavy (non-hydrogen) atoms. The molecule has 10 nitrogen and oxygen atoms in total. The number of pyridine rings is 1. The van der Waals surface area contributed by atoms with E-state index in [1.54, 1.807) is 37.4 Å². The first-order chi connectivity index (χ1) is 18.7. The van der Waals surface area contributed by atoms with Crippen molar-refractivity contribution in [1.29, 1.82) is 5.26 Å². The number of aromatic nitrogens is 1. The average Bonchev–Trinajstić information content (AvgIpc) is 2.89. The molecule has 4 rings (SSSR count). The fraction of sp³-hybridized carbons (Fsp3) is 0.517. The first-order valence-electron chi connectivity index (χ1n) is 13.0. The zero-order chi connectivity index (χ0) is 28.2. The summed E-state index contributed by atoms with van der Waals surface area (Å²) in [7, 11) is 3.24. The lowest BCUT2D eigenvalue weighted by Gasteiger charge is -2.42. The molecular weight excluding hydrogens is 500 g/mol. The van der Waals surface area contributed by atoms with Gasteiger partial charge >= 0.3 is 0 Å². The number of primary amides is 1. The number of methoxy groups -OCH3 is 2. The number of carbonyl (C=O) groups excluding carboxylic acids is 2. The van der Waals surface area contributed by atoms with Gasteiger partial charge in [0.05, 0.1) is 29.8 Å². The maximum Gasteiger partial charge on any atom is 0.252 e. The third kappa shape index (κ3) is 6.25. The van der Waals surface area contributed by atoms with Gasteiger partial charge in [0.2, 0.25) is 11.8 Å². The van der Waals surface area contributed by atoms with Gasteiger partial charge in [-0.1, -0.05) is 11.8 Å². The van der Waals surface area contributed by atoms with Crippen LogP contribution in [0.15, 0.2) is 18.3 Å². The van der Waals surface area contributed by atoms with Gasteiger partial charge in [-0.2, -0.15) is 5.26 Å². The maximum absolute atomic E-state index is 12.3. The third-order valence-electron chi connectivity index (χ3n) is 7.09. The molecule has 1 saturated carbocycles. The minimum Gasteiger partial charge on any atom is -0.490 e. The molecule has 2 fully saturated rings. The van der Waals surface area contributed by atoms with Gasteiger partial charge < -0.3 is 29.6 Å². The number of rotatable bonds is 8. The molecule has 2 heterocycles. The molecule has 1 aromatic heterocycles. The number of nitrogens with zero attached hydrogens (tertiary/aromatic N) is 3. The van der Waals surface area contributed by atoms with Crippen LogP contribution in [-0.4, -0.2) is 67.0 Å². The Bertz CT molecular complexity index is 1340. The largest absolute Gasteiger partial charge is 0.490 e. The van der Waals surface area contributed by atoms with Crippen molar-refractivity contribution in [2.75, 3.05) is 27.3 Å². The van der Waals surface area contributed by atoms with E-state index in [2.05, 4.69) is 16.8 Å². The Morgan fingerprint density at radius 2 is 1.97 bits per heavy atom. The second kappa shape index (κ2) is 11.9. The maximum atomic E-state index is 12.3. The van der Waals surface area contributed by atoms with E-state index in [1.165, 1.54) is 0 Å². The van der Waals surface area contributed by atoms with E-state index in [0.717, 1.165) is 12.8 Å².